The molecule has 1 aromatic carbocycles. The van der Waals surface area contributed by atoms with E-state index in [2.05, 4.69) is 19.2 Å². The first-order chi connectivity index (χ1) is 10.0. The summed E-state index contributed by atoms with van der Waals surface area (Å²) in [5.74, 6) is 0.831. The number of nitrogens with one attached hydrogen (secondary N) is 1. The number of unbranched alkanes of at least 4 members (excludes halogenated alkanes) is 3. The smallest absolute Gasteiger partial charge is 0.251 e. The lowest BCUT2D eigenvalue weighted by atomic mass is 10.0. The second kappa shape index (κ2) is 9.43. The summed E-state index contributed by atoms with van der Waals surface area (Å²) in [4.78, 5) is 14.0. The van der Waals surface area contributed by atoms with Crippen molar-refractivity contribution in [2.24, 2.45) is 5.92 Å². The molecule has 0 radical (unpaired) electrons. The average molecular weight is 290 g/mol. The molecular weight excluding hydrogens is 260 g/mol. The van der Waals surface area contributed by atoms with Crippen molar-refractivity contribution < 1.29 is 4.79 Å². The Morgan fingerprint density at radius 3 is 2.24 bits per heavy atom. The summed E-state index contributed by atoms with van der Waals surface area (Å²) in [5.41, 5.74) is 1.84. The largest absolute Gasteiger partial charge is 0.378 e. The molecule has 0 aromatic heterocycles. The van der Waals surface area contributed by atoms with E-state index in [9.17, 15) is 4.79 Å². The minimum absolute atomic E-state index is 0.0301. The van der Waals surface area contributed by atoms with Crippen molar-refractivity contribution in [3.8, 4) is 0 Å². The molecule has 3 heteroatoms. The van der Waals surface area contributed by atoms with E-state index in [0.29, 0.717) is 0 Å². The van der Waals surface area contributed by atoms with Crippen LogP contribution in [0.4, 0.5) is 5.69 Å². The first-order valence-corrected chi connectivity index (χ1v) is 8.06. The molecule has 1 rings (SSSR count). The Balaban J connectivity index is 2.19. The van der Waals surface area contributed by atoms with Gasteiger partial charge >= 0.3 is 0 Å². The second-order valence-electron chi connectivity index (χ2n) is 6.29. The SMILES string of the molecule is CC(C)CCCCCCNC(=O)c1ccc(N(C)C)cc1. The molecule has 0 fully saturated rings. The maximum atomic E-state index is 12.0. The topological polar surface area (TPSA) is 32.3 Å². The molecule has 1 aromatic rings. The Hall–Kier alpha value is -1.51. The van der Waals surface area contributed by atoms with Gasteiger partial charge in [0.15, 0.2) is 0 Å². The van der Waals surface area contributed by atoms with Crippen molar-refractivity contribution in [2.45, 2.75) is 46.0 Å². The van der Waals surface area contributed by atoms with E-state index < -0.39 is 0 Å². The quantitative estimate of drug-likeness (QED) is 0.695. The molecular formula is C18H30N2O. The molecule has 0 unspecified atom stereocenters. The summed E-state index contributed by atoms with van der Waals surface area (Å²) in [5, 5.41) is 2.99. The van der Waals surface area contributed by atoms with E-state index in [4.69, 9.17) is 0 Å². The van der Waals surface area contributed by atoms with Crippen LogP contribution in [0.1, 0.15) is 56.3 Å². The molecule has 0 spiro atoms. The molecule has 1 amide bonds. The van der Waals surface area contributed by atoms with Crippen LogP contribution in [0.25, 0.3) is 0 Å². The maximum Gasteiger partial charge on any atom is 0.251 e. The maximum absolute atomic E-state index is 12.0. The number of carbonyl (C=O) groups excluding carboxylic acids is 1. The molecule has 0 saturated heterocycles. The van der Waals surface area contributed by atoms with Crippen LogP contribution >= 0.6 is 0 Å². The van der Waals surface area contributed by atoms with Crippen LogP contribution in [-0.2, 0) is 0 Å². The Bertz CT molecular complexity index is 410. The van der Waals surface area contributed by atoms with Gasteiger partial charge in [0.1, 0.15) is 0 Å². The molecule has 0 atom stereocenters. The Morgan fingerprint density at radius 2 is 1.67 bits per heavy atom. The third-order valence-electron chi connectivity index (χ3n) is 3.64. The predicted molar refractivity (Wildman–Crippen MR) is 91.0 cm³/mol. The lowest BCUT2D eigenvalue weighted by molar-refractivity contribution is 0.0953. The number of anilines is 1. The van der Waals surface area contributed by atoms with E-state index in [1.54, 1.807) is 0 Å². The van der Waals surface area contributed by atoms with Crippen LogP contribution in [-0.4, -0.2) is 26.5 Å². The van der Waals surface area contributed by atoms with Gasteiger partial charge < -0.3 is 10.2 Å². The molecule has 0 aliphatic heterocycles. The molecule has 0 saturated carbocycles. The highest BCUT2D eigenvalue weighted by Crippen LogP contribution is 2.12. The van der Waals surface area contributed by atoms with Crippen LogP contribution in [0.2, 0.25) is 0 Å². The monoisotopic (exact) mass is 290 g/mol. The molecule has 0 aliphatic carbocycles. The fourth-order valence-corrected chi connectivity index (χ4v) is 2.25. The highest BCUT2D eigenvalue weighted by atomic mass is 16.1. The van der Waals surface area contributed by atoms with Gasteiger partial charge in [0.05, 0.1) is 0 Å². The molecule has 3 nitrogen and oxygen atoms in total. The number of nitrogens with zero attached hydrogens (tertiary/aromatic N) is 1. The summed E-state index contributed by atoms with van der Waals surface area (Å²) in [6.07, 6.45) is 6.15. The van der Waals surface area contributed by atoms with Gasteiger partial charge in [0.2, 0.25) is 0 Å². The minimum Gasteiger partial charge on any atom is -0.378 e. The molecule has 118 valence electrons. The van der Waals surface area contributed by atoms with Gasteiger partial charge in [-0.05, 0) is 36.6 Å². The van der Waals surface area contributed by atoms with Gasteiger partial charge in [-0.3, -0.25) is 4.79 Å². The van der Waals surface area contributed by atoms with E-state index >= 15 is 0 Å². The molecule has 0 heterocycles. The van der Waals surface area contributed by atoms with Crippen molar-refractivity contribution in [2.75, 3.05) is 25.5 Å². The fourth-order valence-electron chi connectivity index (χ4n) is 2.25. The number of benzene rings is 1. The number of rotatable bonds is 9. The van der Waals surface area contributed by atoms with Gasteiger partial charge in [-0.15, -0.1) is 0 Å². The van der Waals surface area contributed by atoms with Crippen LogP contribution in [0.3, 0.4) is 0 Å². The van der Waals surface area contributed by atoms with Gasteiger partial charge in [-0.25, -0.2) is 0 Å². The third-order valence-corrected chi connectivity index (χ3v) is 3.64. The zero-order valence-corrected chi connectivity index (χ0v) is 14.0. The van der Waals surface area contributed by atoms with E-state index in [-0.39, 0.29) is 5.91 Å². The lowest BCUT2D eigenvalue weighted by Gasteiger charge is -2.12. The average Bonchev–Trinajstić information content (AvgIpc) is 2.45. The third kappa shape index (κ3) is 7.16. The lowest BCUT2D eigenvalue weighted by Crippen LogP contribution is -2.24. The van der Waals surface area contributed by atoms with E-state index in [0.717, 1.165) is 30.1 Å². The minimum atomic E-state index is 0.0301. The number of hydrogen-bond donors (Lipinski definition) is 1. The van der Waals surface area contributed by atoms with Crippen LogP contribution in [0.15, 0.2) is 24.3 Å². The normalized spacial score (nSPS) is 10.7. The first-order valence-electron chi connectivity index (χ1n) is 8.06. The highest BCUT2D eigenvalue weighted by molar-refractivity contribution is 5.94. The van der Waals surface area contributed by atoms with Crippen molar-refractivity contribution in [1.29, 1.82) is 0 Å². The fraction of sp³-hybridized carbons (Fsp3) is 0.611. The van der Waals surface area contributed by atoms with E-state index in [1.165, 1.54) is 25.7 Å². The van der Waals surface area contributed by atoms with Crippen molar-refractivity contribution in [3.63, 3.8) is 0 Å². The summed E-state index contributed by atoms with van der Waals surface area (Å²) >= 11 is 0. The van der Waals surface area contributed by atoms with Crippen molar-refractivity contribution >= 4 is 11.6 Å². The van der Waals surface area contributed by atoms with Gasteiger partial charge in [-0.2, -0.15) is 0 Å². The summed E-state index contributed by atoms with van der Waals surface area (Å²) in [7, 11) is 3.99. The molecule has 1 N–H and O–H groups in total. The van der Waals surface area contributed by atoms with Crippen molar-refractivity contribution in [1.82, 2.24) is 5.32 Å². The predicted octanol–water partition coefficient (Wildman–Crippen LogP) is 4.09. The Kier molecular flexibility index (Phi) is 7.88. The first kappa shape index (κ1) is 17.5. The zero-order chi connectivity index (χ0) is 15.7. The standard InChI is InChI=1S/C18H30N2O/c1-15(2)9-7-5-6-8-14-19-18(21)16-10-12-17(13-11-16)20(3)4/h10-13,15H,5-9,14H2,1-4H3,(H,19,21). The van der Waals surface area contributed by atoms with Crippen molar-refractivity contribution in [3.05, 3.63) is 29.8 Å². The zero-order valence-electron chi connectivity index (χ0n) is 14.0. The molecule has 0 bridgehead atoms. The Morgan fingerprint density at radius 1 is 1.05 bits per heavy atom. The van der Waals surface area contributed by atoms with Gasteiger partial charge in [-0.1, -0.05) is 39.5 Å². The van der Waals surface area contributed by atoms with Gasteiger partial charge in [0.25, 0.3) is 5.91 Å². The number of amides is 1. The Labute approximate surface area is 129 Å². The summed E-state index contributed by atoms with van der Waals surface area (Å²) in [6.45, 7) is 5.31. The molecule has 21 heavy (non-hydrogen) atoms. The van der Waals surface area contributed by atoms with E-state index in [1.807, 2.05) is 43.3 Å². The van der Waals surface area contributed by atoms with Gasteiger partial charge in [0, 0.05) is 31.9 Å². The summed E-state index contributed by atoms with van der Waals surface area (Å²) in [6, 6.07) is 7.71. The molecule has 0 aliphatic rings. The highest BCUT2D eigenvalue weighted by Gasteiger charge is 2.05. The number of hydrogen-bond acceptors (Lipinski definition) is 2. The second-order valence-corrected chi connectivity index (χ2v) is 6.29. The van der Waals surface area contributed by atoms with Crippen LogP contribution < -0.4 is 10.2 Å². The van der Waals surface area contributed by atoms with Crippen LogP contribution in [0, 0.1) is 5.92 Å². The van der Waals surface area contributed by atoms with Crippen LogP contribution in [0.5, 0.6) is 0 Å². The summed E-state index contributed by atoms with van der Waals surface area (Å²) < 4.78 is 0. The number of carbonyl (C=O) groups is 1.